The number of piperidine rings is 1. The molecule has 26 heavy (non-hydrogen) atoms. The summed E-state index contributed by atoms with van der Waals surface area (Å²) >= 11 is 0. The second kappa shape index (κ2) is 6.00. The van der Waals surface area contributed by atoms with Crippen LogP contribution in [0.15, 0.2) is 30.3 Å². The van der Waals surface area contributed by atoms with E-state index in [0.717, 1.165) is 12.0 Å². The standard InChI is InChI=1S/C19H22N2O5/c1-12-15(13-5-3-2-4-6-13)26-18(25)21(12)16(22)14-11-19(14)7-9-20(10-8-19)17(23)24/h2-6,12,14-15H,7-11H2,1H3,(H,23,24)/t12-,14+,15-/m0/s1. The van der Waals surface area contributed by atoms with Crippen molar-refractivity contribution in [2.45, 2.75) is 38.3 Å². The lowest BCUT2D eigenvalue weighted by atomic mass is 9.90. The first-order chi connectivity index (χ1) is 12.4. The van der Waals surface area contributed by atoms with Crippen molar-refractivity contribution in [3.05, 3.63) is 35.9 Å². The fraction of sp³-hybridized carbons (Fsp3) is 0.526. The van der Waals surface area contributed by atoms with Gasteiger partial charge in [0.25, 0.3) is 0 Å². The number of imide groups is 1. The molecule has 1 saturated carbocycles. The lowest BCUT2D eigenvalue weighted by Gasteiger charge is -2.31. The minimum atomic E-state index is -0.911. The highest BCUT2D eigenvalue weighted by Gasteiger charge is 2.62. The van der Waals surface area contributed by atoms with Crippen molar-refractivity contribution in [3.8, 4) is 0 Å². The molecule has 2 saturated heterocycles. The second-order valence-electron chi connectivity index (χ2n) is 7.55. The molecule has 3 fully saturated rings. The summed E-state index contributed by atoms with van der Waals surface area (Å²) in [5.74, 6) is -0.382. The largest absolute Gasteiger partial charge is 0.465 e. The van der Waals surface area contributed by atoms with Gasteiger partial charge in [-0.1, -0.05) is 30.3 Å². The molecule has 7 nitrogen and oxygen atoms in total. The van der Waals surface area contributed by atoms with Gasteiger partial charge in [-0.05, 0) is 37.2 Å². The highest BCUT2D eigenvalue weighted by atomic mass is 16.6. The van der Waals surface area contributed by atoms with Gasteiger partial charge >= 0.3 is 12.2 Å². The second-order valence-corrected chi connectivity index (χ2v) is 7.55. The summed E-state index contributed by atoms with van der Waals surface area (Å²) in [6, 6.07) is 9.09. The molecule has 7 heteroatoms. The fourth-order valence-electron chi connectivity index (χ4n) is 4.41. The van der Waals surface area contributed by atoms with E-state index < -0.39 is 18.3 Å². The molecule has 138 valence electrons. The highest BCUT2D eigenvalue weighted by Crippen LogP contribution is 2.60. The van der Waals surface area contributed by atoms with Crippen molar-refractivity contribution < 1.29 is 24.2 Å². The Kier molecular flexibility index (Phi) is 3.89. The monoisotopic (exact) mass is 358 g/mol. The van der Waals surface area contributed by atoms with Crippen LogP contribution in [-0.4, -0.2) is 52.1 Å². The van der Waals surface area contributed by atoms with E-state index >= 15 is 0 Å². The van der Waals surface area contributed by atoms with Crippen molar-refractivity contribution in [1.29, 1.82) is 0 Å². The van der Waals surface area contributed by atoms with Crippen molar-refractivity contribution in [2.75, 3.05) is 13.1 Å². The van der Waals surface area contributed by atoms with Gasteiger partial charge in [0.15, 0.2) is 0 Å². The maximum atomic E-state index is 13.0. The lowest BCUT2D eigenvalue weighted by molar-refractivity contribution is -0.131. The summed E-state index contributed by atoms with van der Waals surface area (Å²) < 4.78 is 5.48. The highest BCUT2D eigenvalue weighted by molar-refractivity contribution is 5.97. The number of rotatable bonds is 2. The average molecular weight is 358 g/mol. The van der Waals surface area contributed by atoms with Gasteiger partial charge < -0.3 is 14.7 Å². The summed E-state index contributed by atoms with van der Waals surface area (Å²) in [7, 11) is 0. The van der Waals surface area contributed by atoms with Gasteiger partial charge in [0, 0.05) is 19.0 Å². The van der Waals surface area contributed by atoms with E-state index in [1.54, 1.807) is 0 Å². The molecule has 1 aliphatic carbocycles. The van der Waals surface area contributed by atoms with E-state index in [2.05, 4.69) is 0 Å². The molecule has 4 rings (SSSR count). The van der Waals surface area contributed by atoms with Crippen LogP contribution in [0, 0.1) is 11.3 Å². The van der Waals surface area contributed by atoms with Gasteiger partial charge in [-0.3, -0.25) is 4.79 Å². The summed E-state index contributed by atoms with van der Waals surface area (Å²) in [6.07, 6.45) is 0.138. The normalized spacial score (nSPS) is 29.6. The quantitative estimate of drug-likeness (QED) is 0.878. The Hall–Kier alpha value is -2.57. The van der Waals surface area contributed by atoms with Crippen LogP contribution in [0.4, 0.5) is 9.59 Å². The first-order valence-corrected chi connectivity index (χ1v) is 8.99. The molecule has 1 spiro atoms. The predicted octanol–water partition coefficient (Wildman–Crippen LogP) is 2.88. The summed E-state index contributed by atoms with van der Waals surface area (Å²) in [6.45, 7) is 2.74. The van der Waals surface area contributed by atoms with Crippen LogP contribution in [0.3, 0.4) is 0 Å². The van der Waals surface area contributed by atoms with Crippen LogP contribution < -0.4 is 0 Å². The zero-order chi connectivity index (χ0) is 18.5. The molecule has 2 heterocycles. The van der Waals surface area contributed by atoms with E-state index in [1.165, 1.54) is 9.80 Å². The predicted molar refractivity (Wildman–Crippen MR) is 91.3 cm³/mol. The van der Waals surface area contributed by atoms with E-state index in [1.807, 2.05) is 37.3 Å². The van der Waals surface area contributed by atoms with Crippen LogP contribution in [0.25, 0.3) is 0 Å². The van der Waals surface area contributed by atoms with Crippen LogP contribution in [0.5, 0.6) is 0 Å². The minimum absolute atomic E-state index is 0.145. The Morgan fingerprint density at radius 3 is 2.46 bits per heavy atom. The Balaban J connectivity index is 1.45. The molecular weight excluding hydrogens is 336 g/mol. The van der Waals surface area contributed by atoms with E-state index in [-0.39, 0.29) is 23.3 Å². The third-order valence-corrected chi connectivity index (χ3v) is 6.15. The molecular formula is C19H22N2O5. The molecule has 0 aromatic heterocycles. The van der Waals surface area contributed by atoms with Gasteiger partial charge in [-0.2, -0.15) is 0 Å². The zero-order valence-electron chi connectivity index (χ0n) is 14.6. The van der Waals surface area contributed by atoms with Crippen molar-refractivity contribution >= 4 is 18.1 Å². The lowest BCUT2D eigenvalue weighted by Crippen LogP contribution is -2.42. The van der Waals surface area contributed by atoms with Crippen molar-refractivity contribution in [1.82, 2.24) is 9.80 Å². The number of ether oxygens (including phenoxy) is 1. The molecule has 3 atom stereocenters. The van der Waals surface area contributed by atoms with Gasteiger partial charge in [0.2, 0.25) is 5.91 Å². The van der Waals surface area contributed by atoms with E-state index in [0.29, 0.717) is 25.9 Å². The Bertz CT molecular complexity index is 742. The number of carbonyl (C=O) groups is 3. The Labute approximate surface area is 151 Å². The van der Waals surface area contributed by atoms with Crippen molar-refractivity contribution in [2.24, 2.45) is 11.3 Å². The molecule has 3 amide bonds. The van der Waals surface area contributed by atoms with Gasteiger partial charge in [0.1, 0.15) is 6.10 Å². The van der Waals surface area contributed by atoms with Gasteiger partial charge in [0.05, 0.1) is 6.04 Å². The molecule has 2 aliphatic heterocycles. The first-order valence-electron chi connectivity index (χ1n) is 8.99. The molecule has 0 unspecified atom stereocenters. The smallest absolute Gasteiger partial charge is 0.417 e. The van der Waals surface area contributed by atoms with E-state index in [9.17, 15) is 14.4 Å². The van der Waals surface area contributed by atoms with Crippen LogP contribution in [0.1, 0.15) is 37.9 Å². The third-order valence-electron chi connectivity index (χ3n) is 6.15. The van der Waals surface area contributed by atoms with Crippen LogP contribution >= 0.6 is 0 Å². The number of carboxylic acid groups (broad SMARTS) is 1. The summed E-state index contributed by atoms with van der Waals surface area (Å²) in [5, 5.41) is 9.07. The maximum Gasteiger partial charge on any atom is 0.417 e. The number of nitrogens with zero attached hydrogens (tertiary/aromatic N) is 2. The number of amides is 3. The third kappa shape index (κ3) is 2.62. The first kappa shape index (κ1) is 16.9. The number of hydrogen-bond donors (Lipinski definition) is 1. The zero-order valence-corrected chi connectivity index (χ0v) is 14.6. The van der Waals surface area contributed by atoms with Crippen LogP contribution in [0.2, 0.25) is 0 Å². The number of benzene rings is 1. The Morgan fingerprint density at radius 1 is 1.19 bits per heavy atom. The molecule has 1 aromatic rings. The van der Waals surface area contributed by atoms with E-state index in [4.69, 9.17) is 9.84 Å². The molecule has 3 aliphatic rings. The average Bonchev–Trinajstić information content (AvgIpc) is 3.24. The molecule has 0 bridgehead atoms. The minimum Gasteiger partial charge on any atom is -0.465 e. The topological polar surface area (TPSA) is 87.2 Å². The van der Waals surface area contributed by atoms with Crippen LogP contribution in [-0.2, 0) is 9.53 Å². The molecule has 1 N–H and O–H groups in total. The van der Waals surface area contributed by atoms with Crippen molar-refractivity contribution in [3.63, 3.8) is 0 Å². The summed E-state index contributed by atoms with van der Waals surface area (Å²) in [5.41, 5.74) is 0.734. The number of hydrogen-bond acceptors (Lipinski definition) is 4. The number of likely N-dealkylation sites (tertiary alicyclic amines) is 1. The van der Waals surface area contributed by atoms with Gasteiger partial charge in [-0.15, -0.1) is 0 Å². The molecule has 0 radical (unpaired) electrons. The number of cyclic esters (lactones) is 1. The Morgan fingerprint density at radius 2 is 1.85 bits per heavy atom. The molecule has 1 aromatic carbocycles. The van der Waals surface area contributed by atoms with Gasteiger partial charge in [-0.25, -0.2) is 14.5 Å². The SMILES string of the molecule is C[C@H]1[C@@H](c2ccccc2)OC(=O)N1C(=O)[C@H]1CC12CCN(C(=O)O)CC2. The summed E-state index contributed by atoms with van der Waals surface area (Å²) in [4.78, 5) is 39.1. The maximum absolute atomic E-state index is 13.0. The fourth-order valence-corrected chi connectivity index (χ4v) is 4.41. The number of carbonyl (C=O) groups excluding carboxylic acids is 2.